The number of hydrogen-bond donors (Lipinski definition) is 1. The number of nitrogens with zero attached hydrogens (tertiary/aromatic N) is 1. The van der Waals surface area contributed by atoms with E-state index in [1.54, 1.807) is 0 Å². The maximum atomic E-state index is 13.8. The molecule has 1 fully saturated rings. The van der Waals surface area contributed by atoms with Gasteiger partial charge in [-0.15, -0.1) is 0 Å². The lowest BCUT2D eigenvalue weighted by atomic mass is 10.0. The zero-order chi connectivity index (χ0) is 13.3. The highest BCUT2D eigenvalue weighted by Gasteiger charge is 2.35. The van der Waals surface area contributed by atoms with Crippen molar-refractivity contribution >= 4 is 0 Å². The number of aliphatic hydroxyl groups excluding tert-OH is 1. The van der Waals surface area contributed by atoms with Gasteiger partial charge in [0.05, 0.1) is 12.1 Å². The third-order valence-corrected chi connectivity index (χ3v) is 3.35. The van der Waals surface area contributed by atoms with Crippen LogP contribution in [0.5, 0.6) is 0 Å². The van der Waals surface area contributed by atoms with E-state index in [0.29, 0.717) is 17.9 Å². The Kier molecular flexibility index (Phi) is 3.97. The Labute approximate surface area is 106 Å². The van der Waals surface area contributed by atoms with E-state index in [-0.39, 0.29) is 6.04 Å². The Morgan fingerprint density at radius 3 is 2.72 bits per heavy atom. The van der Waals surface area contributed by atoms with Crippen LogP contribution in [-0.4, -0.2) is 29.2 Å². The highest BCUT2D eigenvalue weighted by molar-refractivity contribution is 5.24. The molecule has 0 aromatic heterocycles. The van der Waals surface area contributed by atoms with E-state index in [2.05, 4.69) is 18.7 Å². The molecular formula is C14H19F2NO. The van der Waals surface area contributed by atoms with Crippen LogP contribution in [0.3, 0.4) is 0 Å². The Hall–Kier alpha value is -1.00. The van der Waals surface area contributed by atoms with E-state index in [1.165, 1.54) is 12.1 Å². The third-order valence-electron chi connectivity index (χ3n) is 3.35. The van der Waals surface area contributed by atoms with Gasteiger partial charge in [0.1, 0.15) is 11.6 Å². The summed E-state index contributed by atoms with van der Waals surface area (Å²) in [5.74, 6) is -0.713. The monoisotopic (exact) mass is 255 g/mol. The highest BCUT2D eigenvalue weighted by Crippen LogP contribution is 2.34. The molecule has 0 saturated carbocycles. The van der Waals surface area contributed by atoms with Crippen LogP contribution in [0.4, 0.5) is 8.78 Å². The average Bonchev–Trinajstić information content (AvgIpc) is 2.60. The van der Waals surface area contributed by atoms with Crippen LogP contribution in [0, 0.1) is 17.6 Å². The van der Waals surface area contributed by atoms with Crippen molar-refractivity contribution in [2.75, 3.05) is 13.1 Å². The summed E-state index contributed by atoms with van der Waals surface area (Å²) in [6, 6.07) is 3.22. The Bertz CT molecular complexity index is 422. The second kappa shape index (κ2) is 5.33. The molecule has 18 heavy (non-hydrogen) atoms. The molecule has 0 bridgehead atoms. The predicted octanol–water partition coefficient (Wildman–Crippen LogP) is 2.73. The number of halogens is 2. The van der Waals surface area contributed by atoms with Crippen LogP contribution in [0.2, 0.25) is 0 Å². The minimum absolute atomic E-state index is 0.354. The maximum absolute atomic E-state index is 13.8. The van der Waals surface area contributed by atoms with Crippen LogP contribution in [0.25, 0.3) is 0 Å². The van der Waals surface area contributed by atoms with Gasteiger partial charge in [-0.2, -0.15) is 0 Å². The van der Waals surface area contributed by atoms with Crippen molar-refractivity contribution in [3.8, 4) is 0 Å². The number of rotatable bonds is 3. The molecule has 4 heteroatoms. The molecule has 1 aliphatic rings. The third kappa shape index (κ3) is 2.70. The molecule has 2 rings (SSSR count). The van der Waals surface area contributed by atoms with E-state index in [0.717, 1.165) is 19.2 Å². The molecule has 2 unspecified atom stereocenters. The van der Waals surface area contributed by atoms with Gasteiger partial charge in [-0.1, -0.05) is 19.9 Å². The van der Waals surface area contributed by atoms with E-state index in [9.17, 15) is 13.9 Å². The lowest BCUT2D eigenvalue weighted by molar-refractivity contribution is 0.108. The molecule has 1 aliphatic heterocycles. The lowest BCUT2D eigenvalue weighted by Gasteiger charge is -2.28. The van der Waals surface area contributed by atoms with Crippen LogP contribution in [0.15, 0.2) is 18.2 Å². The van der Waals surface area contributed by atoms with Crippen molar-refractivity contribution in [1.82, 2.24) is 4.90 Å². The first kappa shape index (κ1) is 13.4. The molecule has 100 valence electrons. The molecule has 1 aromatic carbocycles. The Morgan fingerprint density at radius 1 is 1.39 bits per heavy atom. The molecule has 0 amide bonds. The molecule has 1 N–H and O–H groups in total. The quantitative estimate of drug-likeness (QED) is 0.897. The molecule has 1 saturated heterocycles. The predicted molar refractivity (Wildman–Crippen MR) is 66.1 cm³/mol. The largest absolute Gasteiger partial charge is 0.391 e. The molecule has 2 nitrogen and oxygen atoms in total. The first-order valence-corrected chi connectivity index (χ1v) is 6.36. The fraction of sp³-hybridized carbons (Fsp3) is 0.571. The van der Waals surface area contributed by atoms with Gasteiger partial charge in [0.15, 0.2) is 0 Å². The lowest BCUT2D eigenvalue weighted by Crippen LogP contribution is -2.31. The zero-order valence-corrected chi connectivity index (χ0v) is 10.7. The number of benzene rings is 1. The van der Waals surface area contributed by atoms with Gasteiger partial charge in [-0.3, -0.25) is 4.90 Å². The zero-order valence-electron chi connectivity index (χ0n) is 10.7. The SMILES string of the molecule is CC(C)CN1CCC(O)C1c1ccc(F)cc1F. The summed E-state index contributed by atoms with van der Waals surface area (Å²) in [5, 5.41) is 10.0. The summed E-state index contributed by atoms with van der Waals surface area (Å²) in [6.07, 6.45) is 0.0532. The van der Waals surface area contributed by atoms with Gasteiger partial charge in [0.2, 0.25) is 0 Å². The summed E-state index contributed by atoms with van der Waals surface area (Å²) in [5.41, 5.74) is 0.391. The molecule has 0 radical (unpaired) electrons. The summed E-state index contributed by atoms with van der Waals surface area (Å²) in [6.45, 7) is 5.73. The summed E-state index contributed by atoms with van der Waals surface area (Å²) in [4.78, 5) is 2.08. The van der Waals surface area contributed by atoms with Crippen molar-refractivity contribution in [3.05, 3.63) is 35.4 Å². The molecule has 0 aliphatic carbocycles. The van der Waals surface area contributed by atoms with Crippen molar-refractivity contribution in [1.29, 1.82) is 0 Å². The normalized spacial score (nSPS) is 25.0. The summed E-state index contributed by atoms with van der Waals surface area (Å²) >= 11 is 0. The van der Waals surface area contributed by atoms with Gasteiger partial charge < -0.3 is 5.11 Å². The van der Waals surface area contributed by atoms with Gasteiger partial charge in [-0.25, -0.2) is 8.78 Å². The van der Waals surface area contributed by atoms with Crippen LogP contribution in [0.1, 0.15) is 31.9 Å². The standard InChI is InChI=1S/C14H19F2NO/c1-9(2)8-17-6-5-13(18)14(17)11-4-3-10(15)7-12(11)16/h3-4,7,9,13-14,18H,5-6,8H2,1-2H3. The topological polar surface area (TPSA) is 23.5 Å². The van der Waals surface area contributed by atoms with Gasteiger partial charge >= 0.3 is 0 Å². The van der Waals surface area contributed by atoms with Crippen LogP contribution >= 0.6 is 0 Å². The van der Waals surface area contributed by atoms with E-state index >= 15 is 0 Å². The van der Waals surface area contributed by atoms with Crippen molar-refractivity contribution in [2.45, 2.75) is 32.4 Å². The van der Waals surface area contributed by atoms with E-state index in [1.807, 2.05) is 0 Å². The molecule has 1 aromatic rings. The smallest absolute Gasteiger partial charge is 0.131 e. The van der Waals surface area contributed by atoms with E-state index in [4.69, 9.17) is 0 Å². The molecule has 0 spiro atoms. The molecule has 1 heterocycles. The van der Waals surface area contributed by atoms with Crippen LogP contribution in [-0.2, 0) is 0 Å². The number of aliphatic hydroxyl groups is 1. The van der Waals surface area contributed by atoms with Gasteiger partial charge in [0, 0.05) is 24.7 Å². The second-order valence-corrected chi connectivity index (χ2v) is 5.36. The Morgan fingerprint density at radius 2 is 2.11 bits per heavy atom. The fourth-order valence-corrected chi connectivity index (χ4v) is 2.66. The first-order chi connectivity index (χ1) is 8.49. The summed E-state index contributed by atoms with van der Waals surface area (Å²) in [7, 11) is 0. The average molecular weight is 255 g/mol. The van der Waals surface area contributed by atoms with Crippen molar-refractivity contribution in [3.63, 3.8) is 0 Å². The number of hydrogen-bond acceptors (Lipinski definition) is 2. The van der Waals surface area contributed by atoms with Gasteiger partial charge in [0.25, 0.3) is 0 Å². The highest BCUT2D eigenvalue weighted by atomic mass is 19.1. The first-order valence-electron chi connectivity index (χ1n) is 6.36. The van der Waals surface area contributed by atoms with E-state index < -0.39 is 17.7 Å². The van der Waals surface area contributed by atoms with Crippen LogP contribution < -0.4 is 0 Å². The summed E-state index contributed by atoms with van der Waals surface area (Å²) < 4.78 is 26.7. The molecule has 2 atom stereocenters. The fourth-order valence-electron chi connectivity index (χ4n) is 2.66. The molecular weight excluding hydrogens is 236 g/mol. The minimum atomic E-state index is -0.584. The minimum Gasteiger partial charge on any atom is -0.391 e. The van der Waals surface area contributed by atoms with Crippen molar-refractivity contribution < 1.29 is 13.9 Å². The van der Waals surface area contributed by atoms with Gasteiger partial charge in [-0.05, 0) is 18.4 Å². The Balaban J connectivity index is 2.27. The maximum Gasteiger partial charge on any atom is 0.131 e. The second-order valence-electron chi connectivity index (χ2n) is 5.36. The van der Waals surface area contributed by atoms with Crippen molar-refractivity contribution in [2.24, 2.45) is 5.92 Å². The number of likely N-dealkylation sites (tertiary alicyclic amines) is 1.